The number of nitrogens with one attached hydrogen (secondary N) is 1. The Bertz CT molecular complexity index is 244. The molecule has 0 bridgehead atoms. The van der Waals surface area contributed by atoms with Gasteiger partial charge in [-0.25, -0.2) is 4.98 Å². The lowest BCUT2D eigenvalue weighted by atomic mass is 10.3. The molecule has 0 aliphatic heterocycles. The van der Waals surface area contributed by atoms with Crippen molar-refractivity contribution in [2.24, 2.45) is 0 Å². The van der Waals surface area contributed by atoms with Crippen molar-refractivity contribution in [3.05, 3.63) is 29.8 Å². The van der Waals surface area contributed by atoms with Gasteiger partial charge in [-0.1, -0.05) is 0 Å². The van der Waals surface area contributed by atoms with E-state index in [0.29, 0.717) is 0 Å². The molecule has 0 fully saturated rings. The fourth-order valence-corrected chi connectivity index (χ4v) is 0.510. The van der Waals surface area contributed by atoms with Gasteiger partial charge in [0.25, 0.3) is 5.91 Å². The molecule has 1 heterocycles. The first-order valence-corrected chi connectivity index (χ1v) is 2.57. The minimum absolute atomic E-state index is 0.0985. The van der Waals surface area contributed by atoms with Gasteiger partial charge in [0.05, 0.1) is 5.56 Å². The lowest BCUT2D eigenvalue weighted by Gasteiger charge is -1.90. The molecule has 1 aromatic heterocycles. The van der Waals surface area contributed by atoms with Crippen LogP contribution in [0.25, 0.3) is 0 Å². The zero-order valence-corrected chi connectivity index (χ0v) is 4.97. The number of nitrogens with zero attached hydrogens (tertiary/aromatic N) is 1. The molecule has 1 rings (SSSR count). The molecule has 0 spiro atoms. The largest absolute Gasteiger partial charge is 0.271 e. The summed E-state index contributed by atoms with van der Waals surface area (Å²) in [5, 5.41) is 0. The fourth-order valence-electron chi connectivity index (χ4n) is 0.510. The Morgan fingerprint density at radius 2 is 2.30 bits per heavy atom. The highest BCUT2D eigenvalue weighted by atomic mass is 19.1. The number of rotatable bonds is 1. The van der Waals surface area contributed by atoms with Crippen LogP contribution in [0.2, 0.25) is 0 Å². The van der Waals surface area contributed by atoms with Crippen molar-refractivity contribution in [2.75, 3.05) is 0 Å². The molecular formula is C6H4FN2O. The summed E-state index contributed by atoms with van der Waals surface area (Å²) in [6.07, 6.45) is 1.03. The summed E-state index contributed by atoms with van der Waals surface area (Å²) in [7, 11) is 0. The van der Waals surface area contributed by atoms with E-state index >= 15 is 0 Å². The predicted molar refractivity (Wildman–Crippen MR) is 31.6 cm³/mol. The molecule has 3 nitrogen and oxygen atoms in total. The predicted octanol–water partition coefficient (Wildman–Crippen LogP) is 0.644. The SMILES string of the molecule is [NH]C(=O)c1ccc(F)nc1. The Morgan fingerprint density at radius 1 is 1.60 bits per heavy atom. The van der Waals surface area contributed by atoms with E-state index < -0.39 is 11.9 Å². The second kappa shape index (κ2) is 2.43. The van der Waals surface area contributed by atoms with Gasteiger partial charge in [-0.3, -0.25) is 10.5 Å². The van der Waals surface area contributed by atoms with Gasteiger partial charge in [-0.15, -0.1) is 0 Å². The number of pyridine rings is 1. The number of amides is 1. The number of aromatic nitrogens is 1. The van der Waals surface area contributed by atoms with Gasteiger partial charge in [-0.2, -0.15) is 4.39 Å². The molecule has 51 valence electrons. The quantitative estimate of drug-likeness (QED) is 0.536. The van der Waals surface area contributed by atoms with Gasteiger partial charge in [0.1, 0.15) is 0 Å². The summed E-state index contributed by atoms with van der Waals surface area (Å²) in [5.41, 5.74) is 6.69. The second-order valence-electron chi connectivity index (χ2n) is 1.70. The molecule has 1 amide bonds. The third kappa shape index (κ3) is 1.28. The maximum atomic E-state index is 12.1. The molecular weight excluding hydrogens is 135 g/mol. The Hall–Kier alpha value is -1.45. The van der Waals surface area contributed by atoms with E-state index in [1.807, 2.05) is 0 Å². The highest BCUT2D eigenvalue weighted by molar-refractivity contribution is 5.91. The maximum Gasteiger partial charge on any atom is 0.271 e. The topological polar surface area (TPSA) is 53.8 Å². The molecule has 0 saturated carbocycles. The first-order chi connectivity index (χ1) is 4.70. The summed E-state index contributed by atoms with van der Waals surface area (Å²) in [5.74, 6) is -1.50. The van der Waals surface area contributed by atoms with Crippen LogP contribution in [0.3, 0.4) is 0 Å². The van der Waals surface area contributed by atoms with Crippen molar-refractivity contribution < 1.29 is 9.18 Å². The molecule has 0 aliphatic rings. The van der Waals surface area contributed by atoms with Crippen molar-refractivity contribution in [1.29, 1.82) is 0 Å². The van der Waals surface area contributed by atoms with Gasteiger partial charge in [-0.05, 0) is 12.1 Å². The van der Waals surface area contributed by atoms with Crippen LogP contribution in [-0.2, 0) is 0 Å². The normalized spacial score (nSPS) is 9.30. The Morgan fingerprint density at radius 3 is 2.70 bits per heavy atom. The Labute approximate surface area is 56.7 Å². The lowest BCUT2D eigenvalue weighted by Crippen LogP contribution is -1.99. The number of halogens is 1. The summed E-state index contributed by atoms with van der Waals surface area (Å²) in [6, 6.07) is 2.26. The number of hydrogen-bond acceptors (Lipinski definition) is 2. The molecule has 1 aromatic rings. The number of carbonyl (C=O) groups excluding carboxylic acids is 1. The third-order valence-electron chi connectivity index (χ3n) is 0.990. The van der Waals surface area contributed by atoms with Gasteiger partial charge in [0.15, 0.2) is 0 Å². The second-order valence-corrected chi connectivity index (χ2v) is 1.70. The van der Waals surface area contributed by atoms with Crippen LogP contribution in [0, 0.1) is 5.95 Å². The first kappa shape index (κ1) is 6.67. The van der Waals surface area contributed by atoms with Gasteiger partial charge in [0, 0.05) is 6.20 Å². The van der Waals surface area contributed by atoms with E-state index in [2.05, 4.69) is 4.98 Å². The standard InChI is InChI=1S/C6H4FN2O/c7-5-2-1-4(3-9-5)6(8)10/h1-3,8H. The number of carbonyl (C=O) groups is 1. The minimum atomic E-state index is -0.854. The van der Waals surface area contributed by atoms with Gasteiger partial charge < -0.3 is 0 Å². The average molecular weight is 139 g/mol. The van der Waals surface area contributed by atoms with Gasteiger partial charge >= 0.3 is 0 Å². The van der Waals surface area contributed by atoms with E-state index in [4.69, 9.17) is 5.73 Å². The molecule has 1 radical (unpaired) electrons. The molecule has 0 aliphatic carbocycles. The Kier molecular flexibility index (Phi) is 1.62. The van der Waals surface area contributed by atoms with Crippen LogP contribution in [-0.4, -0.2) is 10.9 Å². The van der Waals surface area contributed by atoms with Crippen LogP contribution in [0.5, 0.6) is 0 Å². The maximum absolute atomic E-state index is 12.1. The van der Waals surface area contributed by atoms with Crippen LogP contribution < -0.4 is 5.73 Å². The highest BCUT2D eigenvalue weighted by Gasteiger charge is 1.99. The van der Waals surface area contributed by atoms with Crippen LogP contribution in [0.1, 0.15) is 10.4 Å². The first-order valence-electron chi connectivity index (χ1n) is 2.57. The summed E-state index contributed by atoms with van der Waals surface area (Å²) >= 11 is 0. The van der Waals surface area contributed by atoms with E-state index in [9.17, 15) is 9.18 Å². The van der Waals surface area contributed by atoms with Crippen LogP contribution in [0.15, 0.2) is 18.3 Å². The van der Waals surface area contributed by atoms with Crippen molar-refractivity contribution in [2.45, 2.75) is 0 Å². The molecule has 1 N–H and O–H groups in total. The van der Waals surface area contributed by atoms with Crippen molar-refractivity contribution in [3.8, 4) is 0 Å². The summed E-state index contributed by atoms with van der Waals surface area (Å²) in [6.45, 7) is 0. The molecule has 0 saturated heterocycles. The smallest absolute Gasteiger partial charge is 0.267 e. The lowest BCUT2D eigenvalue weighted by molar-refractivity contribution is 0.0991. The van der Waals surface area contributed by atoms with E-state index in [1.165, 1.54) is 6.07 Å². The average Bonchev–Trinajstić information content (AvgIpc) is 1.88. The van der Waals surface area contributed by atoms with Crippen molar-refractivity contribution >= 4 is 5.91 Å². The third-order valence-corrected chi connectivity index (χ3v) is 0.990. The Balaban J connectivity index is 3.00. The molecule has 0 atom stereocenters. The minimum Gasteiger partial charge on any atom is -0.267 e. The zero-order chi connectivity index (χ0) is 7.56. The monoisotopic (exact) mass is 139 g/mol. The van der Waals surface area contributed by atoms with E-state index in [0.717, 1.165) is 12.3 Å². The highest BCUT2D eigenvalue weighted by Crippen LogP contribution is 1.97. The molecule has 0 unspecified atom stereocenters. The van der Waals surface area contributed by atoms with E-state index in [1.54, 1.807) is 0 Å². The summed E-state index contributed by atoms with van der Waals surface area (Å²) < 4.78 is 12.1. The molecule has 4 heteroatoms. The van der Waals surface area contributed by atoms with Gasteiger partial charge in [0.2, 0.25) is 5.95 Å². The van der Waals surface area contributed by atoms with E-state index in [-0.39, 0.29) is 5.56 Å². The van der Waals surface area contributed by atoms with Crippen LogP contribution in [0.4, 0.5) is 4.39 Å². The fraction of sp³-hybridized carbons (Fsp3) is 0. The van der Waals surface area contributed by atoms with Crippen LogP contribution >= 0.6 is 0 Å². The van der Waals surface area contributed by atoms with Crippen molar-refractivity contribution in [1.82, 2.24) is 10.7 Å². The summed E-state index contributed by atoms with van der Waals surface area (Å²) in [4.78, 5) is 13.5. The molecule has 10 heavy (non-hydrogen) atoms. The zero-order valence-electron chi connectivity index (χ0n) is 4.97. The van der Waals surface area contributed by atoms with Crippen molar-refractivity contribution in [3.63, 3.8) is 0 Å². The molecule has 0 aromatic carbocycles. The number of hydrogen-bond donors (Lipinski definition) is 0.